The normalized spacial score (nSPS) is 17.4. The van der Waals surface area contributed by atoms with Gasteiger partial charge in [-0.15, -0.1) is 0 Å². The van der Waals surface area contributed by atoms with Crippen LogP contribution in [0.25, 0.3) is 5.65 Å². The summed E-state index contributed by atoms with van der Waals surface area (Å²) in [6.07, 6.45) is 5.13. The van der Waals surface area contributed by atoms with Crippen LogP contribution in [0.4, 0.5) is 9.18 Å². The van der Waals surface area contributed by atoms with Gasteiger partial charge in [0.05, 0.1) is 5.69 Å². The Morgan fingerprint density at radius 2 is 2.04 bits per heavy atom. The molecule has 1 aliphatic heterocycles. The van der Waals surface area contributed by atoms with Crippen molar-refractivity contribution in [1.82, 2.24) is 14.3 Å². The molecule has 6 heteroatoms. The number of hydrogen-bond donors (Lipinski definition) is 0. The van der Waals surface area contributed by atoms with E-state index < -0.39 is 5.60 Å². The Balaban J connectivity index is 0.00000126. The smallest absolute Gasteiger partial charge is 0.410 e. The molecule has 0 bridgehead atoms. The second kappa shape index (κ2) is 8.72. The number of carbonyl (C=O) groups excluding carboxylic acids is 1. The van der Waals surface area contributed by atoms with Crippen LogP contribution < -0.4 is 0 Å². The number of piperidine rings is 1. The number of hydrogen-bond acceptors (Lipinski definition) is 3. The van der Waals surface area contributed by atoms with Crippen molar-refractivity contribution in [2.75, 3.05) is 6.54 Å². The summed E-state index contributed by atoms with van der Waals surface area (Å²) >= 11 is 0. The third-order valence-electron chi connectivity index (χ3n) is 4.62. The molecule has 0 spiro atoms. The van der Waals surface area contributed by atoms with Crippen molar-refractivity contribution in [2.24, 2.45) is 0 Å². The van der Waals surface area contributed by atoms with Crippen LogP contribution in [0.5, 0.6) is 0 Å². The molecular formula is C21H32FN3O2. The van der Waals surface area contributed by atoms with Crippen LogP contribution in [0.3, 0.4) is 0 Å². The van der Waals surface area contributed by atoms with Gasteiger partial charge in [0.2, 0.25) is 0 Å². The Morgan fingerprint density at radius 3 is 2.67 bits per heavy atom. The summed E-state index contributed by atoms with van der Waals surface area (Å²) in [5, 5.41) is 0. The molecule has 5 nitrogen and oxygen atoms in total. The highest BCUT2D eigenvalue weighted by atomic mass is 19.1. The van der Waals surface area contributed by atoms with Crippen LogP contribution in [-0.2, 0) is 11.2 Å². The fourth-order valence-corrected chi connectivity index (χ4v) is 3.39. The predicted molar refractivity (Wildman–Crippen MR) is 106 cm³/mol. The molecule has 2 aromatic rings. The maximum atomic E-state index is 14.0. The van der Waals surface area contributed by atoms with Gasteiger partial charge in [-0.1, -0.05) is 13.8 Å². The minimum Gasteiger partial charge on any atom is -0.444 e. The molecule has 1 amide bonds. The first-order chi connectivity index (χ1) is 12.8. The number of amides is 1. The van der Waals surface area contributed by atoms with Gasteiger partial charge < -0.3 is 14.0 Å². The van der Waals surface area contributed by atoms with Gasteiger partial charge in [-0.3, -0.25) is 0 Å². The molecule has 0 aliphatic carbocycles. The minimum atomic E-state index is -0.513. The molecule has 1 fully saturated rings. The van der Waals surface area contributed by atoms with Gasteiger partial charge in [0, 0.05) is 30.9 Å². The van der Waals surface area contributed by atoms with Crippen molar-refractivity contribution >= 4 is 11.7 Å². The summed E-state index contributed by atoms with van der Waals surface area (Å²) in [5.41, 5.74) is 1.59. The lowest BCUT2D eigenvalue weighted by atomic mass is 9.98. The second-order valence-electron chi connectivity index (χ2n) is 7.72. The molecule has 1 aliphatic rings. The lowest BCUT2D eigenvalue weighted by Gasteiger charge is -2.36. The van der Waals surface area contributed by atoms with E-state index in [4.69, 9.17) is 4.74 Å². The van der Waals surface area contributed by atoms with Crippen LogP contribution in [0.15, 0.2) is 18.3 Å². The second-order valence-corrected chi connectivity index (χ2v) is 7.72. The summed E-state index contributed by atoms with van der Waals surface area (Å²) in [6, 6.07) is 3.13. The molecule has 0 saturated carbocycles. The minimum absolute atomic E-state index is 0.0373. The number of halogens is 1. The lowest BCUT2D eigenvalue weighted by molar-refractivity contribution is 0.00984. The molecule has 0 aromatic carbocycles. The van der Waals surface area contributed by atoms with E-state index >= 15 is 0 Å². The topological polar surface area (TPSA) is 46.8 Å². The van der Waals surface area contributed by atoms with E-state index in [0.717, 1.165) is 30.7 Å². The Bertz CT molecular complexity index is 780. The molecule has 1 unspecified atom stereocenters. The average Bonchev–Trinajstić information content (AvgIpc) is 2.93. The van der Waals surface area contributed by atoms with Crippen molar-refractivity contribution in [3.63, 3.8) is 0 Å². The fraction of sp³-hybridized carbons (Fsp3) is 0.619. The molecule has 3 heterocycles. The number of ether oxygens (including phenoxy) is 1. The number of pyridine rings is 1. The predicted octanol–water partition coefficient (Wildman–Crippen LogP) is 5.14. The zero-order chi connectivity index (χ0) is 20.2. The standard InChI is InChI=1S/C19H26FN3O2.C2H6/c1-13-16(21-17-15(20)9-7-11-22(13)17)12-14-8-5-6-10-23(14)18(24)25-19(2,3)4;1-2/h7,9,11,14H,5-6,8,10,12H2,1-4H3;1-2H3. The first-order valence-electron chi connectivity index (χ1n) is 9.88. The van der Waals surface area contributed by atoms with Gasteiger partial charge in [-0.25, -0.2) is 14.2 Å². The molecule has 1 saturated heterocycles. The third-order valence-corrected chi connectivity index (χ3v) is 4.62. The van der Waals surface area contributed by atoms with Crippen LogP contribution in [0.1, 0.15) is 65.3 Å². The molecular weight excluding hydrogens is 345 g/mol. The van der Waals surface area contributed by atoms with E-state index in [-0.39, 0.29) is 18.0 Å². The van der Waals surface area contributed by atoms with Gasteiger partial charge in [0.15, 0.2) is 11.5 Å². The highest BCUT2D eigenvalue weighted by molar-refractivity contribution is 5.68. The Hall–Kier alpha value is -2.11. The van der Waals surface area contributed by atoms with Crippen molar-refractivity contribution in [3.05, 3.63) is 35.5 Å². The molecule has 150 valence electrons. The summed E-state index contributed by atoms with van der Waals surface area (Å²) in [6.45, 7) is 12.3. The summed E-state index contributed by atoms with van der Waals surface area (Å²) in [7, 11) is 0. The van der Waals surface area contributed by atoms with Crippen LogP contribution >= 0.6 is 0 Å². The maximum absolute atomic E-state index is 14.0. The number of carbonyl (C=O) groups is 1. The summed E-state index contributed by atoms with van der Waals surface area (Å²) in [5.74, 6) is -0.329. The van der Waals surface area contributed by atoms with E-state index in [2.05, 4.69) is 4.98 Å². The first kappa shape index (κ1) is 21.2. The lowest BCUT2D eigenvalue weighted by Crippen LogP contribution is -2.47. The first-order valence-corrected chi connectivity index (χ1v) is 9.88. The fourth-order valence-electron chi connectivity index (χ4n) is 3.39. The largest absolute Gasteiger partial charge is 0.444 e. The molecule has 3 rings (SSSR count). The molecule has 1 atom stereocenters. The number of rotatable bonds is 2. The SMILES string of the molecule is CC.Cc1c(CC2CCCCN2C(=O)OC(C)(C)C)nc2c(F)cccn12. The number of likely N-dealkylation sites (tertiary alicyclic amines) is 1. The maximum Gasteiger partial charge on any atom is 0.410 e. The number of nitrogens with zero attached hydrogens (tertiary/aromatic N) is 3. The highest BCUT2D eigenvalue weighted by Crippen LogP contribution is 2.25. The number of aryl methyl sites for hydroxylation is 1. The van der Waals surface area contributed by atoms with E-state index in [1.807, 2.05) is 52.6 Å². The van der Waals surface area contributed by atoms with Crippen molar-refractivity contribution in [2.45, 2.75) is 78.9 Å². The zero-order valence-corrected chi connectivity index (χ0v) is 17.4. The molecule has 0 N–H and O–H groups in total. The molecule has 27 heavy (non-hydrogen) atoms. The van der Waals surface area contributed by atoms with Gasteiger partial charge >= 0.3 is 6.09 Å². The monoisotopic (exact) mass is 377 g/mol. The zero-order valence-electron chi connectivity index (χ0n) is 17.4. The van der Waals surface area contributed by atoms with Crippen LogP contribution in [-0.4, -0.2) is 38.6 Å². The van der Waals surface area contributed by atoms with Gasteiger partial charge in [-0.05, 0) is 59.1 Å². The number of fused-ring (bicyclic) bond motifs is 1. The third kappa shape index (κ3) is 4.99. The Morgan fingerprint density at radius 1 is 1.33 bits per heavy atom. The summed E-state index contributed by atoms with van der Waals surface area (Å²) in [4.78, 5) is 18.8. The van der Waals surface area contributed by atoms with E-state index in [1.54, 1.807) is 10.5 Å². The number of aromatic nitrogens is 2. The highest BCUT2D eigenvalue weighted by Gasteiger charge is 2.31. The quantitative estimate of drug-likeness (QED) is 0.728. The number of imidazole rings is 1. The molecule has 2 aromatic heterocycles. The van der Waals surface area contributed by atoms with Crippen molar-refractivity contribution in [3.8, 4) is 0 Å². The van der Waals surface area contributed by atoms with Crippen molar-refractivity contribution in [1.29, 1.82) is 0 Å². The average molecular weight is 378 g/mol. The van der Waals surface area contributed by atoms with Crippen LogP contribution in [0.2, 0.25) is 0 Å². The summed E-state index contributed by atoms with van der Waals surface area (Å²) < 4.78 is 21.3. The van der Waals surface area contributed by atoms with Crippen molar-refractivity contribution < 1.29 is 13.9 Å². The van der Waals surface area contributed by atoms with Crippen LogP contribution in [0, 0.1) is 12.7 Å². The Kier molecular flexibility index (Phi) is 6.84. The van der Waals surface area contributed by atoms with E-state index in [9.17, 15) is 9.18 Å². The molecule has 0 radical (unpaired) electrons. The van der Waals surface area contributed by atoms with E-state index in [0.29, 0.717) is 18.6 Å². The van der Waals surface area contributed by atoms with Gasteiger partial charge in [-0.2, -0.15) is 0 Å². The van der Waals surface area contributed by atoms with Gasteiger partial charge in [0.1, 0.15) is 5.60 Å². The van der Waals surface area contributed by atoms with E-state index in [1.165, 1.54) is 6.07 Å². The van der Waals surface area contributed by atoms with Gasteiger partial charge in [0.25, 0.3) is 0 Å². The Labute approximate surface area is 161 Å².